The fourth-order valence-electron chi connectivity index (χ4n) is 0.858. The molecule has 0 saturated carbocycles. The van der Waals surface area contributed by atoms with Gasteiger partial charge in [0.2, 0.25) is 0 Å². The Labute approximate surface area is 72.6 Å². The minimum atomic E-state index is -0.621. The molecule has 0 aromatic heterocycles. The van der Waals surface area contributed by atoms with Crippen LogP contribution in [0.15, 0.2) is 35.9 Å². The predicted octanol–water partition coefficient (Wildman–Crippen LogP) is 2.17. The van der Waals surface area contributed by atoms with Gasteiger partial charge in [0, 0.05) is 5.57 Å². The van der Waals surface area contributed by atoms with Gasteiger partial charge in [-0.1, -0.05) is 30.3 Å². The molecule has 2 heteroatoms. The standard InChI is InChI=1S/C10H10O2/c1-8(10(11)12)7-9-5-3-2-4-6-9/h2-7H,1H3,(H,11,12)/b8-7+/i/hD. The molecule has 0 bridgehead atoms. The number of aliphatic carboxylic acids is 1. The molecule has 12 heavy (non-hydrogen) atoms. The van der Waals surface area contributed by atoms with Gasteiger partial charge in [-0.3, -0.25) is 0 Å². The van der Waals surface area contributed by atoms with E-state index in [1.165, 1.54) is 0 Å². The van der Waals surface area contributed by atoms with Crippen LogP contribution in [-0.4, -0.2) is 11.1 Å². The Hall–Kier alpha value is -1.57. The van der Waals surface area contributed by atoms with Crippen molar-refractivity contribution in [3.8, 4) is 0 Å². The summed E-state index contributed by atoms with van der Waals surface area (Å²) in [7, 11) is 0. The van der Waals surface area contributed by atoms with Crippen LogP contribution in [0.3, 0.4) is 0 Å². The van der Waals surface area contributed by atoms with E-state index in [0.717, 1.165) is 5.56 Å². The van der Waals surface area contributed by atoms with Gasteiger partial charge in [0.05, 0.1) is 0 Å². The van der Waals surface area contributed by atoms with Crippen molar-refractivity contribution < 1.29 is 9.90 Å². The van der Waals surface area contributed by atoms with Crippen molar-refractivity contribution in [2.75, 3.05) is 0 Å². The smallest absolute Gasteiger partial charge is 0.331 e. The van der Waals surface area contributed by atoms with Crippen molar-refractivity contribution in [2.24, 2.45) is 0 Å². The Morgan fingerprint density at radius 1 is 1.50 bits per heavy atom. The zero-order valence-corrected chi connectivity index (χ0v) is 6.78. The molecule has 0 atom stereocenters. The normalized spacial score (nSPS) is 12.1. The van der Waals surface area contributed by atoms with Gasteiger partial charge in [0.25, 0.3) is 1.43 Å². The van der Waals surface area contributed by atoms with Crippen molar-refractivity contribution >= 4 is 12.0 Å². The number of carboxylic acids is 1. The monoisotopic (exact) mass is 163 g/mol. The third-order valence-corrected chi connectivity index (χ3v) is 1.50. The van der Waals surface area contributed by atoms with E-state index < -0.39 is 5.97 Å². The summed E-state index contributed by atoms with van der Waals surface area (Å²) in [5, 5.41) is 3.83. The fourth-order valence-corrected chi connectivity index (χ4v) is 0.858. The van der Waals surface area contributed by atoms with Crippen LogP contribution in [0, 0.1) is 0 Å². The summed E-state index contributed by atoms with van der Waals surface area (Å²) in [6.07, 6.45) is 1.68. The van der Waals surface area contributed by atoms with Gasteiger partial charge in [0.15, 0.2) is 0 Å². The maximum absolute atomic E-state index is 10.8. The second kappa shape index (κ2) is 3.72. The quantitative estimate of drug-likeness (QED) is 0.678. The molecule has 0 aliphatic heterocycles. The lowest BCUT2D eigenvalue weighted by molar-refractivity contribution is -0.132. The fraction of sp³-hybridized carbons (Fsp3) is 0.100. The summed E-state index contributed by atoms with van der Waals surface area (Å²) < 4.78 is 6.41. The van der Waals surface area contributed by atoms with Crippen LogP contribution in [0.25, 0.3) is 7.51 Å². The van der Waals surface area contributed by atoms with E-state index in [2.05, 4.69) is 5.11 Å². The van der Waals surface area contributed by atoms with Crippen LogP contribution < -0.4 is 0 Å². The molecule has 0 fully saturated rings. The zero-order chi connectivity index (χ0) is 9.68. The molecule has 0 radical (unpaired) electrons. The highest BCUT2D eigenvalue weighted by molar-refractivity contribution is 5.91. The maximum Gasteiger partial charge on any atom is 0.331 e. The zero-order valence-electron chi connectivity index (χ0n) is 7.78. The van der Waals surface area contributed by atoms with Crippen LogP contribution in [0.4, 0.5) is 0 Å². The van der Waals surface area contributed by atoms with E-state index in [1.54, 1.807) is 13.0 Å². The highest BCUT2D eigenvalue weighted by Crippen LogP contribution is 2.05. The molecule has 0 heterocycles. The molecule has 62 valence electrons. The molecule has 0 unspecified atom stereocenters. The number of benzene rings is 1. The molecule has 1 N–H and O–H groups in total. The SMILES string of the molecule is [2H]OC(=O)/C(C)=C/c1ccccc1. The second-order valence-corrected chi connectivity index (χ2v) is 2.53. The van der Waals surface area contributed by atoms with Crippen LogP contribution in [0.5, 0.6) is 0 Å². The number of rotatable bonds is 2. The van der Waals surface area contributed by atoms with Crippen LogP contribution in [-0.2, 0) is 4.79 Å². The predicted molar refractivity (Wildman–Crippen MR) is 47.7 cm³/mol. The summed E-state index contributed by atoms with van der Waals surface area (Å²) in [5.74, 6) is -0.621. The molecular formula is C10H10O2. The van der Waals surface area contributed by atoms with Crippen LogP contribution in [0.2, 0.25) is 0 Å². The van der Waals surface area contributed by atoms with Gasteiger partial charge in [-0.25, -0.2) is 4.79 Å². The molecule has 1 aromatic carbocycles. The molecular weight excluding hydrogens is 152 g/mol. The van der Waals surface area contributed by atoms with E-state index in [0.29, 0.717) is 5.57 Å². The first-order chi connectivity index (χ1) is 6.24. The molecule has 0 saturated heterocycles. The Morgan fingerprint density at radius 3 is 2.75 bits per heavy atom. The molecule has 0 aliphatic carbocycles. The molecule has 0 aliphatic rings. The number of carboxylic acid groups (broad SMARTS) is 1. The average molecular weight is 163 g/mol. The van der Waals surface area contributed by atoms with Gasteiger partial charge in [-0.05, 0) is 18.6 Å². The van der Waals surface area contributed by atoms with Crippen molar-refractivity contribution in [2.45, 2.75) is 6.92 Å². The largest absolute Gasteiger partial charge is 0.478 e. The van der Waals surface area contributed by atoms with Crippen LogP contribution in [0.1, 0.15) is 12.5 Å². The topological polar surface area (TPSA) is 37.3 Å². The van der Waals surface area contributed by atoms with Gasteiger partial charge in [-0.15, -0.1) is 0 Å². The van der Waals surface area contributed by atoms with Gasteiger partial charge >= 0.3 is 5.97 Å². The third-order valence-electron chi connectivity index (χ3n) is 1.50. The highest BCUT2D eigenvalue weighted by atomic mass is 16.4. The maximum atomic E-state index is 10.8. The van der Waals surface area contributed by atoms with Crippen LogP contribution >= 0.6 is 0 Å². The number of carbonyl (C=O) groups is 1. The highest BCUT2D eigenvalue weighted by Gasteiger charge is 1.98. The lowest BCUT2D eigenvalue weighted by Crippen LogP contribution is -1.95. The van der Waals surface area contributed by atoms with Gasteiger partial charge < -0.3 is 5.11 Å². The second-order valence-electron chi connectivity index (χ2n) is 2.53. The van der Waals surface area contributed by atoms with E-state index >= 15 is 0 Å². The van der Waals surface area contributed by atoms with E-state index in [1.807, 2.05) is 30.3 Å². The van der Waals surface area contributed by atoms with E-state index in [4.69, 9.17) is 1.43 Å². The van der Waals surface area contributed by atoms with Crippen molar-refractivity contribution in [3.05, 3.63) is 41.5 Å². The summed E-state index contributed by atoms with van der Waals surface area (Å²) in [5.41, 5.74) is 1.34. The Kier molecular flexibility index (Phi) is 2.20. The summed E-state index contributed by atoms with van der Waals surface area (Å²) in [4.78, 5) is 10.8. The summed E-state index contributed by atoms with van der Waals surface area (Å²) in [6, 6.07) is 9.41. The first kappa shape index (κ1) is 7.10. The van der Waals surface area contributed by atoms with Gasteiger partial charge in [0.1, 0.15) is 0 Å². The lowest BCUT2D eigenvalue weighted by atomic mass is 10.1. The molecule has 1 aromatic rings. The molecule has 0 spiro atoms. The summed E-state index contributed by atoms with van der Waals surface area (Å²) in [6.45, 7) is 1.61. The Bertz CT molecular complexity index is 317. The molecule has 0 amide bonds. The van der Waals surface area contributed by atoms with Crippen molar-refractivity contribution in [1.29, 1.82) is 1.43 Å². The Balaban J connectivity index is 2.83. The first-order valence-electron chi connectivity index (χ1n) is 4.05. The van der Waals surface area contributed by atoms with E-state index in [-0.39, 0.29) is 0 Å². The number of hydrogen-bond acceptors (Lipinski definition) is 2. The first-order valence-corrected chi connectivity index (χ1v) is 3.65. The molecule has 2 nitrogen and oxygen atoms in total. The number of hydrogen-bond donors (Lipinski definition) is 1. The summed E-state index contributed by atoms with van der Waals surface area (Å²) >= 11 is 0. The van der Waals surface area contributed by atoms with Crippen molar-refractivity contribution in [1.82, 2.24) is 0 Å². The van der Waals surface area contributed by atoms with Gasteiger partial charge in [-0.2, -0.15) is 0 Å². The Morgan fingerprint density at radius 2 is 2.17 bits per heavy atom. The lowest BCUT2D eigenvalue weighted by Gasteiger charge is -1.93. The average Bonchev–Trinajstić information content (AvgIpc) is 2.18. The molecule has 1 rings (SSSR count). The minimum absolute atomic E-state index is 0.418. The minimum Gasteiger partial charge on any atom is -0.478 e. The van der Waals surface area contributed by atoms with Crippen molar-refractivity contribution in [3.63, 3.8) is 0 Å². The van der Waals surface area contributed by atoms with E-state index in [9.17, 15) is 4.79 Å². The third kappa shape index (κ3) is 2.23.